The molecule has 0 bridgehead atoms. The highest BCUT2D eigenvalue weighted by Crippen LogP contribution is 2.26. The highest BCUT2D eigenvalue weighted by molar-refractivity contribution is 6.29. The first-order valence-corrected chi connectivity index (χ1v) is 10.2. The quantitative estimate of drug-likeness (QED) is 0.233. The lowest BCUT2D eigenvalue weighted by Crippen LogP contribution is -2.16. The average molecular weight is 493 g/mol. The molecule has 0 aliphatic heterocycles. The molecule has 2 N–H and O–H groups in total. The number of pyridine rings is 2. The fourth-order valence-electron chi connectivity index (χ4n) is 2.62. The van der Waals surface area contributed by atoms with Gasteiger partial charge in [0.15, 0.2) is 0 Å². The van der Waals surface area contributed by atoms with Gasteiger partial charge in [0, 0.05) is 45.2 Å². The van der Waals surface area contributed by atoms with Gasteiger partial charge >= 0.3 is 0 Å². The summed E-state index contributed by atoms with van der Waals surface area (Å²) in [7, 11) is 3.25. The van der Waals surface area contributed by atoms with Crippen LogP contribution in [0.25, 0.3) is 0 Å². The molecule has 12 heteroatoms. The third-order valence-corrected chi connectivity index (χ3v) is 4.60. The summed E-state index contributed by atoms with van der Waals surface area (Å²) in [5.74, 6) is 2.21. The van der Waals surface area contributed by atoms with Gasteiger partial charge in [0.2, 0.25) is 0 Å². The summed E-state index contributed by atoms with van der Waals surface area (Å²) in [6.07, 6.45) is 11.1. The van der Waals surface area contributed by atoms with E-state index in [4.69, 9.17) is 29.6 Å². The first kappa shape index (κ1) is 27.4. The zero-order chi connectivity index (χ0) is 24.8. The smallest absolute Gasteiger partial charge is 0.253 e. The number of nitrogens with one attached hydrogen (secondary N) is 2. The van der Waals surface area contributed by atoms with Crippen molar-refractivity contribution in [3.63, 3.8) is 0 Å². The molecule has 0 radical (unpaired) electrons. The van der Waals surface area contributed by atoms with Crippen LogP contribution in [0, 0.1) is 32.6 Å². The number of terminal acetylenes is 1. The Bertz CT molecular complexity index is 1030. The Labute approximate surface area is 201 Å². The van der Waals surface area contributed by atoms with Gasteiger partial charge in [-0.1, -0.05) is 35.3 Å². The number of hydrogen-bond donors (Lipinski definition) is 2. The van der Waals surface area contributed by atoms with Gasteiger partial charge in [-0.25, -0.2) is 9.97 Å². The van der Waals surface area contributed by atoms with Crippen LogP contribution in [0.2, 0.25) is 10.3 Å². The number of rotatable bonds is 9. The second-order valence-corrected chi connectivity index (χ2v) is 7.13. The zero-order valence-corrected chi connectivity index (χ0v) is 19.4. The molecule has 2 heterocycles. The molecule has 0 saturated heterocycles. The molecule has 1 atom stereocenters. The predicted molar refractivity (Wildman–Crippen MR) is 127 cm³/mol. The van der Waals surface area contributed by atoms with Crippen molar-refractivity contribution in [2.45, 2.75) is 18.8 Å². The van der Waals surface area contributed by atoms with E-state index in [9.17, 15) is 20.2 Å². The summed E-state index contributed by atoms with van der Waals surface area (Å²) in [4.78, 5) is 27.7. The van der Waals surface area contributed by atoms with Gasteiger partial charge in [0.05, 0.1) is 21.2 Å². The van der Waals surface area contributed by atoms with Gasteiger partial charge in [0.1, 0.15) is 10.3 Å². The van der Waals surface area contributed by atoms with E-state index in [-0.39, 0.29) is 5.92 Å². The van der Waals surface area contributed by atoms with Crippen molar-refractivity contribution in [3.05, 3.63) is 102 Å². The van der Waals surface area contributed by atoms with Crippen molar-refractivity contribution in [3.8, 4) is 12.3 Å². The molecule has 33 heavy (non-hydrogen) atoms. The van der Waals surface area contributed by atoms with Gasteiger partial charge < -0.3 is 10.6 Å². The first-order valence-electron chi connectivity index (χ1n) is 9.40. The van der Waals surface area contributed by atoms with Crippen LogP contribution in [0.15, 0.2) is 60.5 Å². The summed E-state index contributed by atoms with van der Waals surface area (Å²) in [6.45, 7) is 0. The van der Waals surface area contributed by atoms with Crippen LogP contribution in [-0.4, -0.2) is 33.9 Å². The second kappa shape index (κ2) is 14.4. The van der Waals surface area contributed by atoms with Crippen LogP contribution >= 0.6 is 23.2 Å². The minimum atomic E-state index is -0.515. The molecule has 0 amide bonds. The Balaban J connectivity index is 0.000000335. The topological polar surface area (TPSA) is 136 Å². The zero-order valence-electron chi connectivity index (χ0n) is 17.9. The monoisotopic (exact) mass is 492 g/mol. The van der Waals surface area contributed by atoms with E-state index in [1.54, 1.807) is 50.8 Å². The maximum absolute atomic E-state index is 10.6. The second-order valence-electron chi connectivity index (χ2n) is 6.35. The number of allylic oxidation sites excluding steroid dienone is 2. The summed E-state index contributed by atoms with van der Waals surface area (Å²) < 4.78 is 0. The molecule has 2 aromatic heterocycles. The molecule has 0 spiro atoms. The van der Waals surface area contributed by atoms with Crippen molar-refractivity contribution < 1.29 is 9.85 Å². The maximum atomic E-state index is 10.6. The molecule has 0 aromatic carbocycles. The number of nitrogens with zero attached hydrogens (tertiary/aromatic N) is 4. The fourth-order valence-corrected chi connectivity index (χ4v) is 2.84. The van der Waals surface area contributed by atoms with Crippen LogP contribution in [0.3, 0.4) is 0 Å². The third-order valence-electron chi connectivity index (χ3n) is 4.15. The van der Waals surface area contributed by atoms with Gasteiger partial charge in [-0.2, -0.15) is 0 Å². The summed E-state index contributed by atoms with van der Waals surface area (Å²) in [5, 5.41) is 27.1. The Morgan fingerprint density at radius 1 is 1.06 bits per heavy atom. The van der Waals surface area contributed by atoms with Crippen LogP contribution in [0.4, 0.5) is 0 Å². The number of aromatic nitrogens is 2. The largest absolute Gasteiger partial charge is 0.386 e. The van der Waals surface area contributed by atoms with Gasteiger partial charge in [-0.05, 0) is 23.3 Å². The van der Waals surface area contributed by atoms with E-state index in [1.807, 2.05) is 0 Å². The Morgan fingerprint density at radius 3 is 2.09 bits per heavy atom. The lowest BCUT2D eigenvalue weighted by molar-refractivity contribution is -0.404. The number of likely N-dealkylation sites (N-methyl/N-ethyl adjacent to an activating group) is 2. The predicted octanol–water partition coefficient (Wildman–Crippen LogP) is 3.79. The molecule has 1 unspecified atom stereocenters. The van der Waals surface area contributed by atoms with E-state index in [1.165, 1.54) is 0 Å². The van der Waals surface area contributed by atoms with Crippen LogP contribution in [-0.2, 0) is 6.42 Å². The van der Waals surface area contributed by atoms with E-state index in [0.29, 0.717) is 34.5 Å². The van der Waals surface area contributed by atoms with E-state index in [0.717, 1.165) is 23.5 Å². The summed E-state index contributed by atoms with van der Waals surface area (Å²) in [6, 6.07) is 6.80. The molecule has 0 aliphatic rings. The van der Waals surface area contributed by atoms with Crippen molar-refractivity contribution in [1.29, 1.82) is 0 Å². The van der Waals surface area contributed by atoms with Crippen molar-refractivity contribution in [1.82, 2.24) is 20.6 Å². The minimum Gasteiger partial charge on any atom is -0.386 e. The molecule has 0 fully saturated rings. The van der Waals surface area contributed by atoms with Gasteiger partial charge in [-0.3, -0.25) is 20.2 Å². The normalized spacial score (nSPS) is 12.0. The Kier molecular flexibility index (Phi) is 11.9. The van der Waals surface area contributed by atoms with Crippen molar-refractivity contribution in [2.24, 2.45) is 0 Å². The highest BCUT2D eigenvalue weighted by atomic mass is 35.5. The molecule has 10 nitrogen and oxygen atoms in total. The van der Waals surface area contributed by atoms with E-state index < -0.39 is 9.85 Å². The Hall–Kier alpha value is -3.68. The molecular weight excluding hydrogens is 471 g/mol. The summed E-state index contributed by atoms with van der Waals surface area (Å²) in [5.41, 5.74) is 2.59. The molecule has 2 rings (SSSR count). The fraction of sp³-hybridized carbons (Fsp3) is 0.238. The van der Waals surface area contributed by atoms with Gasteiger partial charge in [-0.15, -0.1) is 12.3 Å². The standard InChI is InChI=1S/C12H12ClN3O2.C9H10ClN3O2/c1-3-4-10(11(14-2)8-16(17)18)9-5-6-12(13)15-7-9;1-11-8(6-13(14)15)4-7-2-3-9(10)12-5-7/h1,5-8,10,14H,4H2,2H3;2-3,5-6,11H,4H2,1H3/b11-8-;8-6-. The molecule has 2 aromatic rings. The number of hydrogen-bond acceptors (Lipinski definition) is 8. The average Bonchev–Trinajstić information content (AvgIpc) is 2.78. The minimum absolute atomic E-state index is 0.296. The van der Waals surface area contributed by atoms with Crippen molar-refractivity contribution >= 4 is 23.2 Å². The molecular formula is C21H22Cl2N6O4. The number of nitro groups is 2. The van der Waals surface area contributed by atoms with Crippen molar-refractivity contribution in [2.75, 3.05) is 14.1 Å². The van der Waals surface area contributed by atoms with E-state index >= 15 is 0 Å². The van der Waals surface area contributed by atoms with Crippen LogP contribution in [0.5, 0.6) is 0 Å². The lowest BCUT2D eigenvalue weighted by atomic mass is 9.94. The van der Waals surface area contributed by atoms with Crippen LogP contribution < -0.4 is 10.6 Å². The Morgan fingerprint density at radius 2 is 1.67 bits per heavy atom. The third kappa shape index (κ3) is 10.5. The summed E-state index contributed by atoms with van der Waals surface area (Å²) >= 11 is 11.3. The molecule has 0 saturated carbocycles. The highest BCUT2D eigenvalue weighted by Gasteiger charge is 2.18. The van der Waals surface area contributed by atoms with Crippen LogP contribution in [0.1, 0.15) is 23.5 Å². The lowest BCUT2D eigenvalue weighted by Gasteiger charge is -2.16. The molecule has 0 aliphatic carbocycles. The molecule has 174 valence electrons. The van der Waals surface area contributed by atoms with Gasteiger partial charge in [0.25, 0.3) is 12.4 Å². The maximum Gasteiger partial charge on any atom is 0.253 e. The van der Waals surface area contributed by atoms with E-state index in [2.05, 4.69) is 26.5 Å². The SMILES string of the molecule is C#CCC(/C(=C/[N+](=O)[O-])NC)c1ccc(Cl)nc1.CN/C(=C\[N+](=O)[O-])Cc1ccc(Cl)nc1. The number of halogens is 2. The first-order chi connectivity index (χ1) is 15.7.